The molecule has 19 heavy (non-hydrogen) atoms. The summed E-state index contributed by atoms with van der Waals surface area (Å²) in [6.07, 6.45) is 16.3. The van der Waals surface area contributed by atoms with Gasteiger partial charge in [-0.3, -0.25) is 0 Å². The maximum absolute atomic E-state index is 9.87. The lowest BCUT2D eigenvalue weighted by Crippen LogP contribution is -2.17. The first kappa shape index (κ1) is 14.5. The van der Waals surface area contributed by atoms with E-state index in [4.69, 9.17) is 24.0 Å². The van der Waals surface area contributed by atoms with Gasteiger partial charge in [0.15, 0.2) is 11.5 Å². The van der Waals surface area contributed by atoms with Crippen LogP contribution in [0.25, 0.3) is 0 Å². The number of nitrogens with one attached hydrogen (secondary N) is 1. The number of hydrogen-bond acceptors (Lipinski definition) is 3. The summed E-state index contributed by atoms with van der Waals surface area (Å²) in [7, 11) is 0. The molecule has 0 radical (unpaired) electrons. The molecule has 0 aliphatic heterocycles. The molecule has 0 saturated heterocycles. The van der Waals surface area contributed by atoms with Crippen molar-refractivity contribution in [2.24, 2.45) is 0 Å². The van der Waals surface area contributed by atoms with Crippen molar-refractivity contribution in [1.82, 2.24) is 5.32 Å². The van der Waals surface area contributed by atoms with Crippen LogP contribution in [0.3, 0.4) is 0 Å². The molecule has 0 bridgehead atoms. The number of rotatable bonds is 6. The fourth-order valence-corrected chi connectivity index (χ4v) is 1.54. The third-order valence-corrected chi connectivity index (χ3v) is 2.42. The number of phenols is 1. The van der Waals surface area contributed by atoms with E-state index in [9.17, 15) is 5.11 Å². The number of aromatic hydroxyl groups is 1. The quantitative estimate of drug-likeness (QED) is 0.590. The van der Waals surface area contributed by atoms with Crippen LogP contribution in [0.4, 0.5) is 0 Å². The lowest BCUT2D eigenvalue weighted by Gasteiger charge is -2.10. The molecule has 3 heteroatoms. The summed E-state index contributed by atoms with van der Waals surface area (Å²) in [6, 6.07) is 3.47. The summed E-state index contributed by atoms with van der Waals surface area (Å²) in [5, 5.41) is 12.9. The molecule has 1 aromatic rings. The molecular weight excluding hydrogens is 238 g/mol. The summed E-state index contributed by atoms with van der Waals surface area (Å²) in [5.41, 5.74) is 1.34. The first-order valence-corrected chi connectivity index (χ1v) is 5.75. The van der Waals surface area contributed by atoms with E-state index in [0.717, 1.165) is 12.0 Å². The topological polar surface area (TPSA) is 41.5 Å². The van der Waals surface area contributed by atoms with Crippen LogP contribution in [0.1, 0.15) is 11.1 Å². The number of phenolic OH excluding ortho intramolecular Hbond substituents is 1. The van der Waals surface area contributed by atoms with Crippen molar-refractivity contribution in [2.75, 3.05) is 19.7 Å². The minimum Gasteiger partial charge on any atom is -0.503 e. The highest BCUT2D eigenvalue weighted by Gasteiger charge is 2.09. The van der Waals surface area contributed by atoms with Crippen molar-refractivity contribution in [2.45, 2.75) is 6.42 Å². The Kier molecular flexibility index (Phi) is 5.90. The first-order valence-electron chi connectivity index (χ1n) is 5.75. The second-order valence-corrected chi connectivity index (χ2v) is 3.76. The van der Waals surface area contributed by atoms with E-state index in [-0.39, 0.29) is 12.4 Å². The average Bonchev–Trinajstić information content (AvgIpc) is 2.43. The Labute approximate surface area is 114 Å². The van der Waals surface area contributed by atoms with Gasteiger partial charge in [0.2, 0.25) is 0 Å². The van der Waals surface area contributed by atoms with Crippen LogP contribution in [0, 0.1) is 37.0 Å². The predicted octanol–water partition coefficient (Wildman–Crippen LogP) is 1.15. The highest BCUT2D eigenvalue weighted by atomic mass is 16.5. The van der Waals surface area contributed by atoms with Crippen LogP contribution >= 0.6 is 0 Å². The molecule has 0 aromatic heterocycles. The Morgan fingerprint density at radius 2 is 2.00 bits per heavy atom. The van der Waals surface area contributed by atoms with Gasteiger partial charge in [0.05, 0.1) is 12.1 Å². The summed E-state index contributed by atoms with van der Waals surface area (Å²) in [5.74, 6) is 7.50. The number of terminal acetylenes is 3. The number of benzene rings is 1. The van der Waals surface area contributed by atoms with Gasteiger partial charge in [0.25, 0.3) is 0 Å². The van der Waals surface area contributed by atoms with Crippen molar-refractivity contribution < 1.29 is 9.84 Å². The molecule has 0 heterocycles. The van der Waals surface area contributed by atoms with Gasteiger partial charge in [-0.1, -0.05) is 17.8 Å². The van der Waals surface area contributed by atoms with Gasteiger partial charge in [-0.05, 0) is 24.1 Å². The second-order valence-electron chi connectivity index (χ2n) is 3.76. The first-order chi connectivity index (χ1) is 9.22. The molecule has 96 valence electrons. The molecule has 0 amide bonds. The lowest BCUT2D eigenvalue weighted by atomic mass is 10.1. The molecule has 0 saturated carbocycles. The molecular formula is C16H15NO2. The van der Waals surface area contributed by atoms with E-state index in [1.54, 1.807) is 12.1 Å². The van der Waals surface area contributed by atoms with Crippen LogP contribution in [0.2, 0.25) is 0 Å². The van der Waals surface area contributed by atoms with Crippen LogP contribution in [0.15, 0.2) is 12.1 Å². The predicted molar refractivity (Wildman–Crippen MR) is 75.8 cm³/mol. The highest BCUT2D eigenvalue weighted by molar-refractivity contribution is 5.55. The van der Waals surface area contributed by atoms with Gasteiger partial charge in [-0.15, -0.1) is 19.3 Å². The number of ether oxygens (including phenoxy) is 1. The zero-order chi connectivity index (χ0) is 14.1. The smallest absolute Gasteiger partial charge is 0.173 e. The van der Waals surface area contributed by atoms with Crippen molar-refractivity contribution in [3.8, 4) is 48.5 Å². The Morgan fingerprint density at radius 1 is 1.21 bits per heavy atom. The van der Waals surface area contributed by atoms with E-state index < -0.39 is 0 Å². The molecule has 0 spiro atoms. The van der Waals surface area contributed by atoms with Gasteiger partial charge in [-0.2, -0.15) is 0 Å². The fraction of sp³-hybridized carbons (Fsp3) is 0.250. The van der Waals surface area contributed by atoms with E-state index in [1.807, 2.05) is 0 Å². The Bertz CT molecular complexity index is 556. The van der Waals surface area contributed by atoms with Crippen molar-refractivity contribution in [1.29, 1.82) is 0 Å². The fourth-order valence-electron chi connectivity index (χ4n) is 1.54. The zero-order valence-corrected chi connectivity index (χ0v) is 10.6. The Hall–Kier alpha value is -2.54. The van der Waals surface area contributed by atoms with Gasteiger partial charge in [-0.25, -0.2) is 0 Å². The van der Waals surface area contributed by atoms with E-state index in [2.05, 4.69) is 23.1 Å². The Morgan fingerprint density at radius 3 is 2.63 bits per heavy atom. The maximum atomic E-state index is 9.87. The second kappa shape index (κ2) is 7.72. The summed E-state index contributed by atoms with van der Waals surface area (Å²) in [6.45, 7) is 1.31. The molecule has 1 aromatic carbocycles. The lowest BCUT2D eigenvalue weighted by molar-refractivity contribution is 0.341. The molecule has 0 fully saturated rings. The summed E-state index contributed by atoms with van der Waals surface area (Å²) in [4.78, 5) is 0. The maximum Gasteiger partial charge on any atom is 0.173 e. The average molecular weight is 253 g/mol. The van der Waals surface area contributed by atoms with Crippen LogP contribution in [-0.4, -0.2) is 24.8 Å². The van der Waals surface area contributed by atoms with Gasteiger partial charge < -0.3 is 15.2 Å². The normalized spacial score (nSPS) is 9.11. The zero-order valence-electron chi connectivity index (χ0n) is 10.6. The highest BCUT2D eigenvalue weighted by Crippen LogP contribution is 2.31. The van der Waals surface area contributed by atoms with E-state index in [0.29, 0.717) is 24.4 Å². The van der Waals surface area contributed by atoms with Crippen molar-refractivity contribution >= 4 is 0 Å². The summed E-state index contributed by atoms with van der Waals surface area (Å²) < 4.78 is 5.26. The third kappa shape index (κ3) is 4.32. The Balaban J connectivity index is 2.85. The van der Waals surface area contributed by atoms with Crippen molar-refractivity contribution in [3.63, 3.8) is 0 Å². The minimum atomic E-state index is -0.0573. The third-order valence-electron chi connectivity index (χ3n) is 2.42. The molecule has 3 nitrogen and oxygen atoms in total. The monoisotopic (exact) mass is 253 g/mol. The largest absolute Gasteiger partial charge is 0.503 e. The molecule has 1 rings (SSSR count). The molecule has 0 aliphatic carbocycles. The van der Waals surface area contributed by atoms with Crippen LogP contribution < -0.4 is 10.1 Å². The van der Waals surface area contributed by atoms with E-state index in [1.165, 1.54) is 0 Å². The molecule has 0 atom stereocenters. The summed E-state index contributed by atoms with van der Waals surface area (Å²) >= 11 is 0. The van der Waals surface area contributed by atoms with Gasteiger partial charge in [0.1, 0.15) is 6.61 Å². The van der Waals surface area contributed by atoms with Crippen molar-refractivity contribution in [3.05, 3.63) is 23.3 Å². The number of hydrogen-bond donors (Lipinski definition) is 2. The molecule has 2 N–H and O–H groups in total. The van der Waals surface area contributed by atoms with Gasteiger partial charge in [0, 0.05) is 6.54 Å². The molecule has 0 aliphatic rings. The van der Waals surface area contributed by atoms with E-state index >= 15 is 0 Å². The standard InChI is InChI=1S/C16H15NO2/c1-4-8-17-9-7-13-11-14(6-3)16(18)15(12-13)19-10-5-2/h1-3,11-12,17-18H,7-10H2. The van der Waals surface area contributed by atoms with Crippen LogP contribution in [-0.2, 0) is 6.42 Å². The van der Waals surface area contributed by atoms with Gasteiger partial charge >= 0.3 is 0 Å². The SMILES string of the molecule is C#CCNCCc1cc(C#C)c(O)c(OCC#C)c1. The van der Waals surface area contributed by atoms with Crippen LogP contribution in [0.5, 0.6) is 11.5 Å². The minimum absolute atomic E-state index is 0.0573. The molecule has 0 unspecified atom stereocenters.